The van der Waals surface area contributed by atoms with Gasteiger partial charge in [-0.2, -0.15) is 0 Å². The van der Waals surface area contributed by atoms with E-state index in [-0.39, 0.29) is 0 Å². The van der Waals surface area contributed by atoms with Gasteiger partial charge in [0.15, 0.2) is 0 Å². The Bertz CT molecular complexity index is 664. The second kappa shape index (κ2) is 5.00. The van der Waals surface area contributed by atoms with Crippen LogP contribution in [0, 0.1) is 0 Å². The maximum absolute atomic E-state index is 10.9. The van der Waals surface area contributed by atoms with Crippen LogP contribution in [0.15, 0.2) is 45.7 Å². The summed E-state index contributed by atoms with van der Waals surface area (Å²) in [5, 5.41) is 28.9. The molecule has 0 spiro atoms. The van der Waals surface area contributed by atoms with Gasteiger partial charge in [0.25, 0.3) is 0 Å². The predicted molar refractivity (Wildman–Crippen MR) is 56.9 cm³/mol. The zero-order chi connectivity index (χ0) is 13.9. The smallest absolute Gasteiger partial charge is 0.221 e. The maximum Gasteiger partial charge on any atom is 0.221 e. The predicted octanol–water partition coefficient (Wildman–Crippen LogP) is -1.52. The molecule has 102 valence electrons. The zero-order valence-corrected chi connectivity index (χ0v) is 10.3. The van der Waals surface area contributed by atoms with E-state index in [0.29, 0.717) is 13.1 Å². The quantitative estimate of drug-likeness (QED) is 0.535. The Kier molecular flexibility index (Phi) is 3.04. The summed E-state index contributed by atoms with van der Waals surface area (Å²) in [4.78, 5) is 0. The van der Waals surface area contributed by atoms with Crippen LogP contribution in [-0.2, 0) is 13.1 Å². The van der Waals surface area contributed by atoms with Crippen LogP contribution in [0.3, 0.4) is 0 Å². The summed E-state index contributed by atoms with van der Waals surface area (Å²) < 4.78 is 11.8. The molecule has 0 N–H and O–H groups in total. The van der Waals surface area contributed by atoms with Crippen LogP contribution in [0.1, 0.15) is 11.1 Å². The number of rotatable bonds is 4. The lowest BCUT2D eigenvalue weighted by Gasteiger charge is -1.97. The summed E-state index contributed by atoms with van der Waals surface area (Å²) in [6.45, 7) is 0.853. The first-order chi connectivity index (χ1) is 9.69. The molecule has 20 heavy (non-hydrogen) atoms. The van der Waals surface area contributed by atoms with Gasteiger partial charge in [0, 0.05) is 11.1 Å². The fourth-order valence-corrected chi connectivity index (χ4v) is 1.87. The minimum atomic E-state index is -0.484. The minimum Gasteiger partial charge on any atom is -0.539 e. The minimum absolute atomic E-state index is 0.426. The third-order valence-electron chi connectivity index (χ3n) is 2.66. The fourth-order valence-electron chi connectivity index (χ4n) is 1.87. The van der Waals surface area contributed by atoms with E-state index in [1.807, 2.05) is 24.3 Å². The monoisotopic (exact) mass is 274 g/mol. The Morgan fingerprint density at radius 1 is 0.900 bits per heavy atom. The van der Waals surface area contributed by atoms with Crippen LogP contribution in [0.4, 0.5) is 0 Å². The van der Waals surface area contributed by atoms with E-state index in [1.54, 1.807) is 0 Å². The van der Waals surface area contributed by atoms with Gasteiger partial charge >= 0.3 is 0 Å². The largest absolute Gasteiger partial charge is 0.539 e. The van der Waals surface area contributed by atoms with Crippen LogP contribution in [-0.4, -0.2) is 10.5 Å². The van der Waals surface area contributed by atoms with Crippen LogP contribution in [0.2, 0.25) is 0 Å². The lowest BCUT2D eigenvalue weighted by atomic mass is 10.1. The molecule has 0 saturated heterocycles. The second-order valence-electron chi connectivity index (χ2n) is 4.26. The summed E-state index contributed by atoms with van der Waals surface area (Å²) in [7, 11) is 0. The summed E-state index contributed by atoms with van der Waals surface area (Å²) in [5.74, 6) is -0.968. The maximum atomic E-state index is 10.9. The highest BCUT2D eigenvalue weighted by atomic mass is 16.6. The van der Waals surface area contributed by atoms with Crippen molar-refractivity contribution in [2.75, 3.05) is 0 Å². The lowest BCUT2D eigenvalue weighted by molar-refractivity contribution is -0.755. The van der Waals surface area contributed by atoms with Gasteiger partial charge in [0.1, 0.15) is 11.9 Å². The Hall–Kier alpha value is -2.90. The Balaban J connectivity index is 1.75. The molecule has 1 aromatic carbocycles. The van der Waals surface area contributed by atoms with Crippen molar-refractivity contribution in [1.82, 2.24) is 10.5 Å². The van der Waals surface area contributed by atoms with Crippen molar-refractivity contribution in [3.8, 4) is 11.9 Å². The van der Waals surface area contributed by atoms with E-state index in [9.17, 15) is 10.2 Å². The van der Waals surface area contributed by atoms with Crippen molar-refractivity contribution in [1.29, 1.82) is 0 Å². The normalized spacial score (nSPS) is 10.8. The van der Waals surface area contributed by atoms with Crippen molar-refractivity contribution >= 4 is 0 Å². The SMILES string of the molecule is [O-]c1c[n+](Cc2cccc(C[n+]3cc([O-])on3)c2)no1. The first-order valence-corrected chi connectivity index (χ1v) is 5.84. The molecule has 0 amide bonds. The van der Waals surface area contributed by atoms with Crippen LogP contribution in [0.25, 0.3) is 0 Å². The molecule has 0 fully saturated rings. The van der Waals surface area contributed by atoms with E-state index in [4.69, 9.17) is 0 Å². The molecule has 0 bridgehead atoms. The van der Waals surface area contributed by atoms with Gasteiger partial charge in [-0.05, 0) is 6.07 Å². The molecule has 2 heterocycles. The molecule has 0 unspecified atom stereocenters. The van der Waals surface area contributed by atoms with Crippen LogP contribution >= 0.6 is 0 Å². The number of benzene rings is 1. The number of hydrogen-bond acceptors (Lipinski definition) is 6. The standard InChI is InChI=1S/C12H10N4O4/c17-11-7-15(13-19-11)5-9-2-1-3-10(4-9)6-16-8-12(18)20-14-16/h1-4,7-8H,5-6H2. The molecular formula is C12H10N4O4. The molecule has 0 aliphatic heterocycles. The first kappa shape index (κ1) is 12.2. The van der Waals surface area contributed by atoms with Crippen molar-refractivity contribution in [3.63, 3.8) is 0 Å². The highest BCUT2D eigenvalue weighted by Gasteiger charge is 2.09. The number of hydrogen-bond donors (Lipinski definition) is 0. The molecule has 8 heteroatoms. The molecule has 0 atom stereocenters. The number of nitrogens with zero attached hydrogens (tertiary/aromatic N) is 4. The molecule has 0 radical (unpaired) electrons. The van der Waals surface area contributed by atoms with Gasteiger partial charge in [-0.25, -0.2) is 0 Å². The van der Waals surface area contributed by atoms with Crippen LogP contribution < -0.4 is 19.6 Å². The lowest BCUT2D eigenvalue weighted by Crippen LogP contribution is -2.36. The van der Waals surface area contributed by atoms with Crippen molar-refractivity contribution in [2.45, 2.75) is 13.1 Å². The summed E-state index contributed by atoms with van der Waals surface area (Å²) >= 11 is 0. The average molecular weight is 274 g/mol. The molecule has 0 saturated carbocycles. The van der Waals surface area contributed by atoms with E-state index in [1.165, 1.54) is 21.8 Å². The first-order valence-electron chi connectivity index (χ1n) is 5.84. The van der Waals surface area contributed by atoms with E-state index in [2.05, 4.69) is 19.6 Å². The summed E-state index contributed by atoms with van der Waals surface area (Å²) in [6, 6.07) is 7.62. The van der Waals surface area contributed by atoms with Gasteiger partial charge < -0.3 is 19.3 Å². The van der Waals surface area contributed by atoms with Gasteiger partial charge in [-0.1, -0.05) is 27.6 Å². The van der Waals surface area contributed by atoms with Gasteiger partial charge in [0.2, 0.25) is 25.5 Å². The molecular weight excluding hydrogens is 264 g/mol. The fraction of sp³-hybridized carbons (Fsp3) is 0.167. The van der Waals surface area contributed by atoms with E-state index in [0.717, 1.165) is 11.1 Å². The third-order valence-corrected chi connectivity index (χ3v) is 2.66. The molecule has 2 aromatic heterocycles. The Morgan fingerprint density at radius 2 is 1.40 bits per heavy atom. The zero-order valence-electron chi connectivity index (χ0n) is 10.3. The highest BCUT2D eigenvalue weighted by molar-refractivity contribution is 5.22. The molecule has 3 aromatic rings. The molecule has 0 aliphatic carbocycles. The van der Waals surface area contributed by atoms with Crippen molar-refractivity contribution < 1.29 is 28.6 Å². The van der Waals surface area contributed by atoms with Crippen molar-refractivity contribution in [3.05, 3.63) is 47.8 Å². The molecule has 8 nitrogen and oxygen atoms in total. The van der Waals surface area contributed by atoms with Crippen LogP contribution in [0.5, 0.6) is 11.9 Å². The van der Waals surface area contributed by atoms with E-state index < -0.39 is 11.9 Å². The third kappa shape index (κ3) is 2.74. The highest BCUT2D eigenvalue weighted by Crippen LogP contribution is 2.06. The van der Waals surface area contributed by atoms with Crippen molar-refractivity contribution in [2.24, 2.45) is 0 Å². The summed E-state index contributed by atoms with van der Waals surface area (Å²) in [5.41, 5.74) is 1.90. The van der Waals surface area contributed by atoms with Gasteiger partial charge in [-0.3, -0.25) is 0 Å². The Morgan fingerprint density at radius 3 is 1.80 bits per heavy atom. The molecule has 0 aliphatic rings. The van der Waals surface area contributed by atoms with Gasteiger partial charge in [0.05, 0.1) is 10.5 Å². The van der Waals surface area contributed by atoms with E-state index >= 15 is 0 Å². The van der Waals surface area contributed by atoms with Gasteiger partial charge in [-0.15, -0.1) is 0 Å². The molecule has 3 rings (SSSR count). The number of aromatic nitrogens is 4. The second-order valence-corrected chi connectivity index (χ2v) is 4.26. The Labute approximate surface area is 113 Å². The summed E-state index contributed by atoms with van der Waals surface area (Å²) in [6.07, 6.45) is 2.56. The average Bonchev–Trinajstić information content (AvgIpc) is 2.99. The topological polar surface area (TPSA) is 106 Å².